The van der Waals surface area contributed by atoms with Gasteiger partial charge in [-0.2, -0.15) is 0 Å². The van der Waals surface area contributed by atoms with E-state index in [1.165, 1.54) is 30.5 Å². The van der Waals surface area contributed by atoms with Gasteiger partial charge in [0.15, 0.2) is 54.7 Å². The van der Waals surface area contributed by atoms with E-state index in [9.17, 15) is 38.7 Å². The molecule has 68 heavy (non-hydrogen) atoms. The Hall–Kier alpha value is -9.64. The van der Waals surface area contributed by atoms with Crippen LogP contribution in [0.15, 0.2) is 89.9 Å². The van der Waals surface area contributed by atoms with Crippen LogP contribution in [0.1, 0.15) is 17.2 Å². The fourth-order valence-corrected chi connectivity index (χ4v) is 6.06. The Morgan fingerprint density at radius 2 is 0.853 bits per heavy atom. The molecule has 0 saturated carbocycles. The number of carbonyl (C=O) groups is 7. The molecule has 0 bridgehead atoms. The van der Waals surface area contributed by atoms with E-state index in [1.807, 2.05) is 70.5 Å². The fraction of sp³-hybridized carbons (Fsp3) is 0.179. The molecule has 29 heteroatoms. The van der Waals surface area contributed by atoms with Gasteiger partial charge in [-0.15, -0.1) is 0 Å². The van der Waals surface area contributed by atoms with Gasteiger partial charge in [-0.1, -0.05) is 78.9 Å². The van der Waals surface area contributed by atoms with Crippen LogP contribution in [-0.4, -0.2) is 114 Å². The van der Waals surface area contributed by atoms with Gasteiger partial charge in [-0.25, -0.2) is 0 Å². The Morgan fingerprint density at radius 1 is 0.485 bits per heavy atom. The van der Waals surface area contributed by atoms with Crippen molar-refractivity contribution >= 4 is 92.9 Å². The zero-order valence-electron chi connectivity index (χ0n) is 35.4. The lowest BCUT2D eigenvalue weighted by atomic mass is 9.97. The van der Waals surface area contributed by atoms with Crippen LogP contribution in [-0.2, 0) is 33.6 Å². The van der Waals surface area contributed by atoms with E-state index >= 15 is 0 Å². The summed E-state index contributed by atoms with van der Waals surface area (Å²) in [5.41, 5.74) is 32.9. The van der Waals surface area contributed by atoms with Crippen molar-refractivity contribution in [3.05, 3.63) is 96.1 Å². The minimum Gasteiger partial charge on any atom is -0.370 e. The molecule has 7 atom stereocenters. The van der Waals surface area contributed by atoms with Crippen LogP contribution in [0.4, 0.5) is 0 Å². The highest BCUT2D eigenvalue weighted by atomic mass is 16.3. The molecular formula is C39H49N21O8. The number of benzene rings is 4. The second-order valence-corrected chi connectivity index (χ2v) is 14.1. The van der Waals surface area contributed by atoms with Crippen molar-refractivity contribution in [3.8, 4) is 0 Å². The van der Waals surface area contributed by atoms with Gasteiger partial charge in [-0.3, -0.25) is 60.2 Å². The van der Waals surface area contributed by atoms with Gasteiger partial charge in [-0.05, 0) is 33.2 Å². The minimum absolute atomic E-state index is 0.142. The van der Waals surface area contributed by atoms with Crippen molar-refractivity contribution in [3.63, 3.8) is 0 Å². The minimum atomic E-state index is -2.13. The normalized spacial score (nSPS) is 13.9. The molecule has 7 unspecified atom stereocenters. The number of aliphatic hydroxyl groups excluding tert-OH is 1. The number of fused-ring (bicyclic) bond motifs is 2. The van der Waals surface area contributed by atoms with Gasteiger partial charge in [0.1, 0.15) is 6.04 Å². The lowest BCUT2D eigenvalue weighted by Gasteiger charge is -2.28. The molecule has 0 aromatic heterocycles. The molecule has 0 fully saturated rings. The topological polar surface area (TPSA) is 524 Å². The summed E-state index contributed by atoms with van der Waals surface area (Å²) in [6.07, 6.45) is -10.7. The maximum Gasteiger partial charge on any atom is 0.272 e. The number of amides is 7. The van der Waals surface area contributed by atoms with E-state index in [4.69, 9.17) is 56.0 Å². The van der Waals surface area contributed by atoms with Crippen LogP contribution in [0.3, 0.4) is 0 Å². The molecule has 0 spiro atoms. The summed E-state index contributed by atoms with van der Waals surface area (Å²) in [6.45, 7) is 0. The second-order valence-electron chi connectivity index (χ2n) is 14.1. The molecule has 0 radical (unpaired) electrons. The average molecular weight is 940 g/mol. The zero-order valence-corrected chi connectivity index (χ0v) is 35.4. The van der Waals surface area contributed by atoms with Crippen molar-refractivity contribution < 1.29 is 38.7 Å². The molecular weight excluding hydrogens is 891 g/mol. The summed E-state index contributed by atoms with van der Waals surface area (Å²) in [7, 11) is 0. The predicted octanol–water partition coefficient (Wildman–Crippen LogP) is -6.82. The van der Waals surface area contributed by atoms with Gasteiger partial charge < -0.3 is 92.7 Å². The predicted molar refractivity (Wildman–Crippen MR) is 246 cm³/mol. The van der Waals surface area contributed by atoms with Crippen LogP contribution in [0.2, 0.25) is 0 Å². The van der Waals surface area contributed by atoms with Crippen LogP contribution >= 0.6 is 0 Å². The smallest absolute Gasteiger partial charge is 0.272 e. The maximum absolute atomic E-state index is 14.0. The first-order valence-electron chi connectivity index (χ1n) is 19.6. The number of guanidine groups is 4. The second kappa shape index (κ2) is 23.3. The van der Waals surface area contributed by atoms with Crippen molar-refractivity contribution in [2.45, 2.75) is 43.1 Å². The van der Waals surface area contributed by atoms with Crippen LogP contribution in [0, 0.1) is 21.6 Å². The molecule has 0 saturated heterocycles. The highest BCUT2D eigenvalue weighted by Crippen LogP contribution is 2.27. The number of aliphatic imine (C=N–C) groups is 1. The Kier molecular flexibility index (Phi) is 17.5. The third-order valence-corrected chi connectivity index (χ3v) is 9.07. The first kappa shape index (κ1) is 51.0. The van der Waals surface area contributed by atoms with Gasteiger partial charge in [0.05, 0.1) is 0 Å². The third kappa shape index (κ3) is 14.4. The summed E-state index contributed by atoms with van der Waals surface area (Å²) in [6, 6.07) is 22.7. The lowest BCUT2D eigenvalue weighted by molar-refractivity contribution is -0.136. The number of nitrogens with two attached hydrogens (primary N) is 6. The lowest BCUT2D eigenvalue weighted by Crippen LogP contribution is -2.69. The van der Waals surface area contributed by atoms with Gasteiger partial charge in [0, 0.05) is 11.8 Å². The Morgan fingerprint density at radius 3 is 1.25 bits per heavy atom. The number of aliphatic hydroxyl groups is 1. The summed E-state index contributed by atoms with van der Waals surface area (Å²) >= 11 is 0. The van der Waals surface area contributed by atoms with E-state index < -0.39 is 108 Å². The molecule has 29 nitrogen and oxygen atoms in total. The summed E-state index contributed by atoms with van der Waals surface area (Å²) in [5.74, 6) is -12.5. The number of hydrogen-bond acceptors (Lipinski definition) is 14. The molecule has 0 aliphatic rings. The van der Waals surface area contributed by atoms with Gasteiger partial charge in [0.2, 0.25) is 12.1 Å². The van der Waals surface area contributed by atoms with Crippen molar-refractivity contribution in [1.29, 1.82) is 21.6 Å². The maximum atomic E-state index is 14.0. The standard InChI is InChI=1S/C39H49N21O8/c40-23(24(41)61)52-30(63)25(57-36(42)43)54-32(65)27(59-38(46)47)56-33(66)28(60-39(48)49)55-31(64)26(58-37(44)45)53-29(62)22(16-8-2-1-3-9-16)51-35(68)34(67)50-15-21-19-12-6-4-10-17(19)14-18-11-5-7-13-20(18)21/h1-15,22-23,25-28,34,67H,40H2,(H2,41,61)(H,51,68)(H,52,63)(H,53,62)(H,54,65)(H,55,64)(H,56,66)(H4,42,43,57)(H4,44,45,58)(H4,46,47,59)(H4,48,49,60)/b50-15+. The summed E-state index contributed by atoms with van der Waals surface area (Å²) in [5, 5.41) is 66.0. The van der Waals surface area contributed by atoms with Crippen molar-refractivity contribution in [1.82, 2.24) is 53.2 Å². The molecule has 7 amide bonds. The van der Waals surface area contributed by atoms with E-state index in [-0.39, 0.29) is 5.56 Å². The van der Waals surface area contributed by atoms with E-state index in [0.29, 0.717) is 5.56 Å². The summed E-state index contributed by atoms with van der Waals surface area (Å²) in [4.78, 5) is 96.4. The molecule has 0 heterocycles. The van der Waals surface area contributed by atoms with Crippen LogP contribution in [0.5, 0.6) is 0 Å². The Balaban J connectivity index is 1.56. The van der Waals surface area contributed by atoms with E-state index in [2.05, 4.69) is 42.2 Å². The quantitative estimate of drug-likeness (QED) is 0.0169. The number of nitrogens with one attached hydrogen (secondary N) is 14. The van der Waals surface area contributed by atoms with E-state index in [0.717, 1.165) is 21.5 Å². The van der Waals surface area contributed by atoms with Crippen LogP contribution < -0.4 is 87.6 Å². The number of carbonyl (C=O) groups excluding carboxylic acids is 7. The number of hydrogen-bond donors (Lipinski definition) is 21. The molecule has 358 valence electrons. The number of rotatable bonds is 20. The Bertz CT molecular complexity index is 2590. The van der Waals surface area contributed by atoms with Gasteiger partial charge >= 0.3 is 0 Å². The highest BCUT2D eigenvalue weighted by molar-refractivity contribution is 6.13. The van der Waals surface area contributed by atoms with Crippen molar-refractivity contribution in [2.75, 3.05) is 0 Å². The van der Waals surface area contributed by atoms with Crippen molar-refractivity contribution in [2.24, 2.45) is 39.4 Å². The van der Waals surface area contributed by atoms with Gasteiger partial charge in [0.25, 0.3) is 35.4 Å². The van der Waals surface area contributed by atoms with Crippen LogP contribution in [0.25, 0.3) is 21.5 Å². The zero-order chi connectivity index (χ0) is 50.2. The molecule has 0 aliphatic carbocycles. The molecule has 0 aliphatic heterocycles. The number of primary amides is 1. The number of nitrogens with zero attached hydrogens (tertiary/aromatic N) is 1. The molecule has 4 rings (SSSR count). The largest absolute Gasteiger partial charge is 0.370 e. The SMILES string of the molecule is N=C(N)NC(NC(=O)C(NC(=N)N)NC(=O)C(NC(=N)N)NC(=O)C(NC(=N)N)NC(=O)C(NC(=O)C(O)/N=C/c1c2ccccc2cc2ccccc12)c1ccccc1)C(=O)NC(N)C(N)=O. The highest BCUT2D eigenvalue weighted by Gasteiger charge is 2.34. The fourth-order valence-electron chi connectivity index (χ4n) is 6.06. The molecule has 4 aromatic carbocycles. The third-order valence-electron chi connectivity index (χ3n) is 9.07. The molecule has 4 aromatic rings. The first-order valence-corrected chi connectivity index (χ1v) is 19.6. The Labute approximate surface area is 384 Å². The first-order chi connectivity index (χ1) is 32.1. The molecule has 27 N–H and O–H groups in total. The summed E-state index contributed by atoms with van der Waals surface area (Å²) < 4.78 is 0. The monoisotopic (exact) mass is 939 g/mol. The van der Waals surface area contributed by atoms with E-state index in [1.54, 1.807) is 6.07 Å². The average Bonchev–Trinajstić information content (AvgIpc) is 3.27.